The normalized spacial score (nSPS) is 20.5. The number of carbonyl (C=O) groups is 2. The molecule has 2 unspecified atom stereocenters. The van der Waals surface area contributed by atoms with Crippen LogP contribution in [0.5, 0.6) is 0 Å². The van der Waals surface area contributed by atoms with Crippen molar-refractivity contribution >= 4 is 34.4 Å². The maximum Gasteiger partial charge on any atom is 0.336 e. The third kappa shape index (κ3) is 4.45. The van der Waals surface area contributed by atoms with Crippen molar-refractivity contribution in [2.45, 2.75) is 38.0 Å². The molecular weight excluding hydrogens is 450 g/mol. The molecule has 1 N–H and O–H groups in total. The summed E-state index contributed by atoms with van der Waals surface area (Å²) in [6, 6.07) is 18.1. The van der Waals surface area contributed by atoms with E-state index in [1.54, 1.807) is 22.7 Å². The highest BCUT2D eigenvalue weighted by Crippen LogP contribution is 2.47. The van der Waals surface area contributed by atoms with Crippen LogP contribution in [0, 0.1) is 0 Å². The van der Waals surface area contributed by atoms with E-state index in [9.17, 15) is 9.59 Å². The summed E-state index contributed by atoms with van der Waals surface area (Å²) in [7, 11) is 0. The summed E-state index contributed by atoms with van der Waals surface area (Å²) in [6.45, 7) is 2.22. The molecule has 1 aromatic carbocycles. The van der Waals surface area contributed by atoms with Gasteiger partial charge in [-0.25, -0.2) is 4.79 Å². The lowest BCUT2D eigenvalue weighted by Crippen LogP contribution is -2.35. The van der Waals surface area contributed by atoms with Gasteiger partial charge in [0.1, 0.15) is 0 Å². The molecule has 5 rings (SSSR count). The molecule has 0 saturated carbocycles. The number of benzene rings is 1. The summed E-state index contributed by atoms with van der Waals surface area (Å²) >= 11 is 3.27. The maximum absolute atomic E-state index is 13.5. The van der Waals surface area contributed by atoms with Gasteiger partial charge < -0.3 is 10.1 Å². The Morgan fingerprint density at radius 3 is 2.42 bits per heavy atom. The van der Waals surface area contributed by atoms with Crippen LogP contribution in [-0.4, -0.2) is 18.4 Å². The summed E-state index contributed by atoms with van der Waals surface area (Å²) in [6.07, 6.45) is 1.90. The van der Waals surface area contributed by atoms with Gasteiger partial charge in [-0.05, 0) is 41.8 Å². The van der Waals surface area contributed by atoms with Crippen LogP contribution < -0.4 is 5.32 Å². The third-order valence-electron chi connectivity index (χ3n) is 6.29. The van der Waals surface area contributed by atoms with Crippen molar-refractivity contribution < 1.29 is 14.3 Å². The van der Waals surface area contributed by atoms with Gasteiger partial charge in [0.2, 0.25) is 0 Å². The maximum atomic E-state index is 13.5. The number of Topliss-reactive ketones (excluding diaryl/α,β-unsaturated/α-hetero) is 1. The van der Waals surface area contributed by atoms with Crippen LogP contribution in [0.4, 0.5) is 0 Å². The van der Waals surface area contributed by atoms with Crippen LogP contribution in [-0.2, 0) is 20.7 Å². The molecule has 0 amide bonds. The minimum atomic E-state index is -0.373. The van der Waals surface area contributed by atoms with Gasteiger partial charge in [-0.1, -0.05) is 42.5 Å². The molecule has 3 aromatic rings. The highest BCUT2D eigenvalue weighted by molar-refractivity contribution is 7.10. The average molecular weight is 476 g/mol. The predicted molar refractivity (Wildman–Crippen MR) is 132 cm³/mol. The number of carbonyl (C=O) groups excluding carboxylic acids is 2. The molecule has 33 heavy (non-hydrogen) atoms. The number of esters is 1. The Morgan fingerprint density at radius 1 is 1.00 bits per heavy atom. The monoisotopic (exact) mass is 475 g/mol. The number of thiophene rings is 2. The van der Waals surface area contributed by atoms with Crippen LogP contribution in [0.15, 0.2) is 87.9 Å². The standard InChI is InChI=1S/C27H25NO3S2/c1-17-24(27(30)31-12-11-18-7-3-2-4-8-18)26(23-10-6-14-33-23)25-20(28-17)15-19(16-21(25)29)22-9-5-13-32-22/h2-10,13-14,19,26,28H,11-12,15-16H2,1H3. The molecule has 1 aliphatic carbocycles. The first-order valence-corrected chi connectivity index (χ1v) is 12.9. The lowest BCUT2D eigenvalue weighted by Gasteiger charge is -2.35. The second-order valence-corrected chi connectivity index (χ2v) is 10.4. The van der Waals surface area contributed by atoms with Crippen LogP contribution in [0.1, 0.15) is 46.9 Å². The molecule has 2 aromatic heterocycles. The van der Waals surface area contributed by atoms with Crippen molar-refractivity contribution in [2.75, 3.05) is 6.61 Å². The SMILES string of the molecule is CC1=C(C(=O)OCCc2ccccc2)C(c2cccs2)C2=C(CC(c3cccs3)CC2=O)N1. The van der Waals surface area contributed by atoms with Crippen molar-refractivity contribution in [1.29, 1.82) is 0 Å². The highest BCUT2D eigenvalue weighted by atomic mass is 32.1. The van der Waals surface area contributed by atoms with Gasteiger partial charge in [0.15, 0.2) is 5.78 Å². The molecule has 2 atom stereocenters. The molecule has 0 bridgehead atoms. The number of hydrogen-bond acceptors (Lipinski definition) is 6. The van der Waals surface area contributed by atoms with Gasteiger partial charge in [-0.2, -0.15) is 0 Å². The number of ketones is 1. The summed E-state index contributed by atoms with van der Waals surface area (Å²) in [5.41, 5.74) is 4.12. The fraction of sp³-hybridized carbons (Fsp3) is 0.259. The number of hydrogen-bond donors (Lipinski definition) is 1. The summed E-state index contributed by atoms with van der Waals surface area (Å²) in [4.78, 5) is 29.0. The number of allylic oxidation sites excluding steroid dienone is 3. The molecule has 4 nitrogen and oxygen atoms in total. The second-order valence-electron chi connectivity index (χ2n) is 8.42. The number of ether oxygens (including phenoxy) is 1. The molecule has 0 saturated heterocycles. The zero-order chi connectivity index (χ0) is 22.8. The minimum Gasteiger partial charge on any atom is -0.462 e. The summed E-state index contributed by atoms with van der Waals surface area (Å²) in [5.74, 6) is -0.432. The van der Waals surface area contributed by atoms with Crippen molar-refractivity contribution in [3.8, 4) is 0 Å². The Kier molecular flexibility index (Phi) is 6.29. The van der Waals surface area contributed by atoms with Gasteiger partial charge in [0.05, 0.1) is 18.1 Å². The number of nitrogens with one attached hydrogen (secondary N) is 1. The molecule has 3 heterocycles. The highest BCUT2D eigenvalue weighted by Gasteiger charge is 2.41. The van der Waals surface area contributed by atoms with Gasteiger partial charge in [-0.15, -0.1) is 22.7 Å². The van der Waals surface area contributed by atoms with E-state index < -0.39 is 0 Å². The Balaban J connectivity index is 1.42. The van der Waals surface area contributed by atoms with E-state index >= 15 is 0 Å². The minimum absolute atomic E-state index is 0.114. The first-order chi connectivity index (χ1) is 16.1. The van der Waals surface area contributed by atoms with Gasteiger partial charge >= 0.3 is 5.97 Å². The van der Waals surface area contributed by atoms with Gasteiger partial charge in [0, 0.05) is 45.5 Å². The van der Waals surface area contributed by atoms with Crippen molar-refractivity contribution in [3.63, 3.8) is 0 Å². The zero-order valence-electron chi connectivity index (χ0n) is 18.4. The largest absolute Gasteiger partial charge is 0.462 e. The Bertz CT molecular complexity index is 1210. The average Bonchev–Trinajstić information content (AvgIpc) is 3.53. The van der Waals surface area contributed by atoms with E-state index in [1.807, 2.05) is 60.8 Å². The van der Waals surface area contributed by atoms with E-state index in [0.717, 1.165) is 33.8 Å². The lowest BCUT2D eigenvalue weighted by atomic mass is 9.74. The Labute approximate surface area is 201 Å². The molecule has 0 spiro atoms. The Morgan fingerprint density at radius 2 is 1.73 bits per heavy atom. The van der Waals surface area contributed by atoms with Gasteiger partial charge in [-0.3, -0.25) is 4.79 Å². The molecule has 168 valence electrons. The topological polar surface area (TPSA) is 55.4 Å². The lowest BCUT2D eigenvalue weighted by molar-refractivity contribution is -0.139. The first kappa shape index (κ1) is 21.9. The van der Waals surface area contributed by atoms with Crippen molar-refractivity contribution in [2.24, 2.45) is 0 Å². The van der Waals surface area contributed by atoms with E-state index in [1.165, 1.54) is 4.88 Å². The summed E-state index contributed by atoms with van der Waals surface area (Å²) in [5, 5.41) is 7.47. The smallest absolute Gasteiger partial charge is 0.336 e. The van der Waals surface area contributed by atoms with Crippen LogP contribution in [0.3, 0.4) is 0 Å². The molecule has 0 fully saturated rings. The third-order valence-corrected chi connectivity index (χ3v) is 8.26. The van der Waals surface area contributed by atoms with Gasteiger partial charge in [0.25, 0.3) is 0 Å². The molecule has 1 aliphatic heterocycles. The molecule has 6 heteroatoms. The van der Waals surface area contributed by atoms with E-state index in [-0.39, 0.29) is 23.6 Å². The molecule has 0 radical (unpaired) electrons. The quantitative estimate of drug-likeness (QED) is 0.447. The fourth-order valence-electron chi connectivity index (χ4n) is 4.76. The second kappa shape index (κ2) is 9.49. The van der Waals surface area contributed by atoms with E-state index in [2.05, 4.69) is 16.8 Å². The van der Waals surface area contributed by atoms with E-state index in [4.69, 9.17) is 4.74 Å². The van der Waals surface area contributed by atoms with Crippen LogP contribution >= 0.6 is 22.7 Å². The van der Waals surface area contributed by atoms with Crippen LogP contribution in [0.25, 0.3) is 0 Å². The zero-order valence-corrected chi connectivity index (χ0v) is 20.0. The first-order valence-electron chi connectivity index (χ1n) is 11.1. The fourth-order valence-corrected chi connectivity index (χ4v) is 6.43. The number of dihydropyridines is 1. The van der Waals surface area contributed by atoms with E-state index in [0.29, 0.717) is 25.0 Å². The predicted octanol–water partition coefficient (Wildman–Crippen LogP) is 5.96. The van der Waals surface area contributed by atoms with Crippen molar-refractivity contribution in [1.82, 2.24) is 5.32 Å². The number of rotatable bonds is 6. The Hall–Kier alpha value is -2.96. The summed E-state index contributed by atoms with van der Waals surface area (Å²) < 4.78 is 5.71. The molecular formula is C27H25NO3S2. The van der Waals surface area contributed by atoms with Crippen LogP contribution in [0.2, 0.25) is 0 Å². The van der Waals surface area contributed by atoms with Crippen molar-refractivity contribution in [3.05, 3.63) is 103 Å². The molecule has 2 aliphatic rings.